The molecule has 2 aliphatic rings. The fourth-order valence-corrected chi connectivity index (χ4v) is 13.0. The first-order valence-corrected chi connectivity index (χ1v) is 22.4. The highest BCUT2D eigenvalue weighted by molar-refractivity contribution is 7.27. The molecular formula is C60H42S. The van der Waals surface area contributed by atoms with E-state index in [0.29, 0.717) is 0 Å². The molecule has 1 heteroatoms. The van der Waals surface area contributed by atoms with Crippen LogP contribution >= 0.6 is 11.3 Å². The summed E-state index contributed by atoms with van der Waals surface area (Å²) in [6, 6.07) is 68.8. The molecule has 0 saturated carbocycles. The standard InChI is InChI=1S/C60H42S/c1-59(2)50-31-27-37(39-23-14-24-48-55-51(60(3,4)56(39)48)32-30-47-46-29-25-35-15-8-9-18-40(35)57(46)61-58(47)55)33-49(50)41-28-26-38(34-52(41)59)54-44-21-12-10-19-42(44)53(36-16-6-5-7-17-36)43-20-11-13-22-45(43)54/h5-34H,1-4H3. The smallest absolute Gasteiger partial charge is 0.0437 e. The molecule has 0 spiro atoms. The first kappa shape index (κ1) is 35.0. The lowest BCUT2D eigenvalue weighted by Crippen LogP contribution is -2.16. The number of hydrogen-bond acceptors (Lipinski definition) is 1. The minimum Gasteiger partial charge on any atom is -0.134 e. The molecule has 1 heterocycles. The third kappa shape index (κ3) is 4.70. The molecule has 2 aliphatic carbocycles. The predicted molar refractivity (Wildman–Crippen MR) is 263 cm³/mol. The maximum Gasteiger partial charge on any atom is 0.0437 e. The highest BCUT2D eigenvalue weighted by Gasteiger charge is 2.40. The van der Waals surface area contributed by atoms with Gasteiger partial charge in [-0.1, -0.05) is 198 Å². The van der Waals surface area contributed by atoms with E-state index >= 15 is 0 Å². The Bertz CT molecular complexity index is 3630. The van der Waals surface area contributed by atoms with Crippen molar-refractivity contribution >= 4 is 63.8 Å². The molecule has 0 atom stereocenters. The molecule has 0 nitrogen and oxygen atoms in total. The Morgan fingerprint density at radius 3 is 1.64 bits per heavy atom. The van der Waals surface area contributed by atoms with Crippen LogP contribution in [0.2, 0.25) is 0 Å². The van der Waals surface area contributed by atoms with Crippen LogP contribution in [-0.4, -0.2) is 0 Å². The van der Waals surface area contributed by atoms with Crippen molar-refractivity contribution in [3.05, 3.63) is 204 Å². The largest absolute Gasteiger partial charge is 0.134 e. The van der Waals surface area contributed by atoms with Gasteiger partial charge in [-0.15, -0.1) is 11.3 Å². The Hall–Kier alpha value is -6.80. The van der Waals surface area contributed by atoms with Crippen molar-refractivity contribution in [3.8, 4) is 55.6 Å². The van der Waals surface area contributed by atoms with Gasteiger partial charge in [0.1, 0.15) is 0 Å². The first-order valence-electron chi connectivity index (χ1n) is 21.6. The van der Waals surface area contributed by atoms with Crippen LogP contribution in [0.25, 0.3) is 108 Å². The Balaban J connectivity index is 0.971. The number of rotatable bonds is 3. The van der Waals surface area contributed by atoms with E-state index in [-0.39, 0.29) is 10.8 Å². The van der Waals surface area contributed by atoms with Crippen molar-refractivity contribution in [2.45, 2.75) is 38.5 Å². The summed E-state index contributed by atoms with van der Waals surface area (Å²) >= 11 is 1.97. The number of thiophene rings is 1. The molecule has 1 aromatic heterocycles. The number of benzene rings is 10. The van der Waals surface area contributed by atoms with Crippen LogP contribution in [0.5, 0.6) is 0 Å². The second-order valence-electron chi connectivity index (χ2n) is 18.3. The van der Waals surface area contributed by atoms with Gasteiger partial charge < -0.3 is 0 Å². The Morgan fingerprint density at radius 2 is 0.902 bits per heavy atom. The van der Waals surface area contributed by atoms with Gasteiger partial charge in [0.15, 0.2) is 0 Å². The molecule has 0 N–H and O–H groups in total. The molecule has 13 rings (SSSR count). The van der Waals surface area contributed by atoms with Gasteiger partial charge in [0, 0.05) is 36.6 Å². The van der Waals surface area contributed by atoms with E-state index in [4.69, 9.17) is 0 Å². The third-order valence-electron chi connectivity index (χ3n) is 14.4. The second kappa shape index (κ2) is 12.4. The maximum atomic E-state index is 2.50. The van der Waals surface area contributed by atoms with Gasteiger partial charge in [0.2, 0.25) is 0 Å². The van der Waals surface area contributed by atoms with Crippen molar-refractivity contribution in [2.75, 3.05) is 0 Å². The zero-order valence-corrected chi connectivity index (χ0v) is 35.5. The van der Waals surface area contributed by atoms with E-state index in [1.165, 1.54) is 130 Å². The lowest BCUT2D eigenvalue weighted by atomic mass is 9.78. The van der Waals surface area contributed by atoms with Crippen LogP contribution < -0.4 is 0 Å². The summed E-state index contributed by atoms with van der Waals surface area (Å²) in [5.74, 6) is 0. The average molecular weight is 795 g/mol. The summed E-state index contributed by atoms with van der Waals surface area (Å²) in [4.78, 5) is 0. The monoisotopic (exact) mass is 794 g/mol. The van der Waals surface area contributed by atoms with E-state index in [1.54, 1.807) is 0 Å². The lowest BCUT2D eigenvalue weighted by Gasteiger charge is -2.25. The van der Waals surface area contributed by atoms with Crippen molar-refractivity contribution in [2.24, 2.45) is 0 Å². The van der Waals surface area contributed by atoms with Crippen LogP contribution in [0, 0.1) is 0 Å². The van der Waals surface area contributed by atoms with Crippen molar-refractivity contribution in [1.82, 2.24) is 0 Å². The molecule has 0 saturated heterocycles. The average Bonchev–Trinajstić information content (AvgIpc) is 3.88. The molecule has 0 unspecified atom stereocenters. The summed E-state index contributed by atoms with van der Waals surface area (Å²) in [6.45, 7) is 9.69. The number of hydrogen-bond donors (Lipinski definition) is 0. The molecule has 0 aliphatic heterocycles. The molecule has 11 aromatic rings. The Morgan fingerprint density at radius 1 is 0.311 bits per heavy atom. The number of fused-ring (bicyclic) bond motifs is 14. The van der Waals surface area contributed by atoms with E-state index in [2.05, 4.69) is 210 Å². The van der Waals surface area contributed by atoms with Gasteiger partial charge in [-0.3, -0.25) is 0 Å². The van der Waals surface area contributed by atoms with Gasteiger partial charge in [-0.2, -0.15) is 0 Å². The highest BCUT2D eigenvalue weighted by atomic mass is 32.1. The molecule has 61 heavy (non-hydrogen) atoms. The molecule has 10 aromatic carbocycles. The predicted octanol–water partition coefficient (Wildman–Crippen LogP) is 17.1. The summed E-state index contributed by atoms with van der Waals surface area (Å²) in [5, 5.41) is 10.5. The summed E-state index contributed by atoms with van der Waals surface area (Å²) < 4.78 is 2.79. The zero-order valence-electron chi connectivity index (χ0n) is 34.7. The van der Waals surface area contributed by atoms with Gasteiger partial charge in [0.05, 0.1) is 0 Å². The topological polar surface area (TPSA) is 0 Å². The van der Waals surface area contributed by atoms with Gasteiger partial charge in [-0.25, -0.2) is 0 Å². The minimum atomic E-state index is -0.153. The fourth-order valence-electron chi connectivity index (χ4n) is 11.6. The van der Waals surface area contributed by atoms with Crippen LogP contribution in [0.4, 0.5) is 0 Å². The maximum absolute atomic E-state index is 2.50. The third-order valence-corrected chi connectivity index (χ3v) is 15.7. The molecule has 0 fully saturated rings. The molecule has 0 amide bonds. The van der Waals surface area contributed by atoms with E-state index in [1.807, 2.05) is 11.3 Å². The van der Waals surface area contributed by atoms with Gasteiger partial charge in [-0.05, 0) is 117 Å². The normalized spacial score (nSPS) is 14.5. The Kier molecular flexibility index (Phi) is 7.11. The van der Waals surface area contributed by atoms with E-state index < -0.39 is 0 Å². The van der Waals surface area contributed by atoms with E-state index in [9.17, 15) is 0 Å². The zero-order chi connectivity index (χ0) is 40.8. The van der Waals surface area contributed by atoms with Crippen LogP contribution in [0.1, 0.15) is 49.9 Å². The molecule has 0 bridgehead atoms. The van der Waals surface area contributed by atoms with Gasteiger partial charge in [0.25, 0.3) is 0 Å². The summed E-state index contributed by atoms with van der Waals surface area (Å²) in [7, 11) is 0. The summed E-state index contributed by atoms with van der Waals surface area (Å²) in [6.07, 6.45) is 0. The quantitative estimate of drug-likeness (QED) is 0.156. The molecular weight excluding hydrogens is 753 g/mol. The highest BCUT2D eigenvalue weighted by Crippen LogP contribution is 2.58. The van der Waals surface area contributed by atoms with Crippen LogP contribution in [-0.2, 0) is 10.8 Å². The minimum absolute atomic E-state index is 0.152. The first-order chi connectivity index (χ1) is 29.8. The van der Waals surface area contributed by atoms with E-state index in [0.717, 1.165) is 0 Å². The Labute approximate surface area is 360 Å². The lowest BCUT2D eigenvalue weighted by molar-refractivity contribution is 0.660. The second-order valence-corrected chi connectivity index (χ2v) is 19.4. The van der Waals surface area contributed by atoms with Crippen LogP contribution in [0.3, 0.4) is 0 Å². The molecule has 288 valence electrons. The van der Waals surface area contributed by atoms with Gasteiger partial charge >= 0.3 is 0 Å². The van der Waals surface area contributed by atoms with Crippen LogP contribution in [0.15, 0.2) is 182 Å². The van der Waals surface area contributed by atoms with Crippen molar-refractivity contribution < 1.29 is 0 Å². The van der Waals surface area contributed by atoms with Crippen molar-refractivity contribution in [3.63, 3.8) is 0 Å². The molecule has 0 radical (unpaired) electrons. The SMILES string of the molecule is CC1(C)c2ccc(-c3cccc4c3C(C)(C)c3ccc5c(sc6c7ccccc7ccc56)c3-4)cc2-c2ccc(-c3c4ccccc4c(-c4ccccc4)c4ccccc34)cc21. The fraction of sp³-hybridized carbons (Fsp3) is 0.100. The summed E-state index contributed by atoms with van der Waals surface area (Å²) in [5.41, 5.74) is 18.6. The van der Waals surface area contributed by atoms with Crippen molar-refractivity contribution in [1.29, 1.82) is 0 Å².